The van der Waals surface area contributed by atoms with Gasteiger partial charge in [-0.25, -0.2) is 0 Å². The van der Waals surface area contributed by atoms with Crippen molar-refractivity contribution in [1.29, 1.82) is 0 Å². The van der Waals surface area contributed by atoms with Gasteiger partial charge in [-0.2, -0.15) is 0 Å². The lowest BCUT2D eigenvalue weighted by molar-refractivity contribution is 0.385. The number of nitrogens with zero attached hydrogens (tertiary/aromatic N) is 1. The molecule has 0 aliphatic rings. The van der Waals surface area contributed by atoms with Crippen LogP contribution in [0.3, 0.4) is 0 Å². The topological polar surface area (TPSA) is 28.4 Å². The van der Waals surface area contributed by atoms with Crippen LogP contribution in [0.5, 0.6) is 0 Å². The van der Waals surface area contributed by atoms with Crippen LogP contribution in [0.1, 0.15) is 23.8 Å². The molecule has 126 valence electrons. The van der Waals surface area contributed by atoms with Gasteiger partial charge in [-0.1, -0.05) is 41.9 Å². The molecule has 0 radical (unpaired) electrons. The Morgan fingerprint density at radius 2 is 1.83 bits per heavy atom. The molecule has 24 heavy (non-hydrogen) atoms. The molecule has 3 nitrogen and oxygen atoms in total. The van der Waals surface area contributed by atoms with E-state index in [-0.39, 0.29) is 6.04 Å². The molecule has 0 aliphatic carbocycles. The van der Waals surface area contributed by atoms with Crippen molar-refractivity contribution in [2.75, 3.05) is 27.2 Å². The fourth-order valence-corrected chi connectivity index (χ4v) is 2.95. The maximum atomic E-state index is 6.09. The van der Waals surface area contributed by atoms with E-state index in [1.165, 1.54) is 0 Å². The lowest BCUT2D eigenvalue weighted by Gasteiger charge is -2.18. The van der Waals surface area contributed by atoms with Gasteiger partial charge in [0.25, 0.3) is 0 Å². The summed E-state index contributed by atoms with van der Waals surface area (Å²) in [7, 11) is 4.19. The summed E-state index contributed by atoms with van der Waals surface area (Å²) in [6.07, 6.45) is 1.08. The second-order valence-electron chi connectivity index (χ2n) is 6.28. The van der Waals surface area contributed by atoms with E-state index < -0.39 is 0 Å². The second-order valence-corrected chi connectivity index (χ2v) is 6.72. The Hall–Kier alpha value is -1.81. The maximum Gasteiger partial charge on any atom is 0.134 e. The van der Waals surface area contributed by atoms with Crippen LogP contribution in [0.15, 0.2) is 59.0 Å². The van der Waals surface area contributed by atoms with Gasteiger partial charge in [0.15, 0.2) is 0 Å². The van der Waals surface area contributed by atoms with Crippen LogP contribution >= 0.6 is 11.6 Å². The van der Waals surface area contributed by atoms with E-state index in [4.69, 9.17) is 16.0 Å². The van der Waals surface area contributed by atoms with Crippen LogP contribution < -0.4 is 5.32 Å². The standard InChI is InChI=1S/C20H23ClN2O/c1-23(2)13-5-12-22-20(15-8-10-17(21)11-9-15)19-14-16-6-3-4-7-18(16)24-19/h3-4,6-11,14,20,22H,5,12-13H2,1-2H3. The van der Waals surface area contributed by atoms with Crippen molar-refractivity contribution in [2.24, 2.45) is 0 Å². The van der Waals surface area contributed by atoms with Gasteiger partial charge in [0.1, 0.15) is 11.3 Å². The van der Waals surface area contributed by atoms with Gasteiger partial charge in [-0.15, -0.1) is 0 Å². The van der Waals surface area contributed by atoms with E-state index in [2.05, 4.69) is 48.6 Å². The normalized spacial score (nSPS) is 12.8. The molecule has 3 rings (SSSR count). The predicted molar refractivity (Wildman–Crippen MR) is 101 cm³/mol. The minimum absolute atomic E-state index is 0.0248. The molecule has 0 spiro atoms. The Labute approximate surface area is 148 Å². The van der Waals surface area contributed by atoms with Crippen molar-refractivity contribution in [2.45, 2.75) is 12.5 Å². The highest BCUT2D eigenvalue weighted by atomic mass is 35.5. The number of halogens is 1. The highest BCUT2D eigenvalue weighted by Gasteiger charge is 2.18. The number of nitrogens with one attached hydrogen (secondary N) is 1. The van der Waals surface area contributed by atoms with Crippen LogP contribution in [-0.2, 0) is 0 Å². The molecule has 3 aromatic rings. The molecule has 0 saturated heterocycles. The van der Waals surface area contributed by atoms with Gasteiger partial charge >= 0.3 is 0 Å². The maximum absolute atomic E-state index is 6.09. The molecule has 1 N–H and O–H groups in total. The largest absolute Gasteiger partial charge is 0.459 e. The van der Waals surface area contributed by atoms with Crippen molar-refractivity contribution >= 4 is 22.6 Å². The van der Waals surface area contributed by atoms with Gasteiger partial charge in [0.2, 0.25) is 0 Å². The van der Waals surface area contributed by atoms with Gasteiger partial charge in [0, 0.05) is 10.4 Å². The van der Waals surface area contributed by atoms with Crippen LogP contribution in [0, 0.1) is 0 Å². The predicted octanol–water partition coefficient (Wildman–Crippen LogP) is 4.72. The molecule has 0 fully saturated rings. The molecule has 1 unspecified atom stereocenters. The number of hydrogen-bond donors (Lipinski definition) is 1. The lowest BCUT2D eigenvalue weighted by atomic mass is 10.0. The third-order valence-electron chi connectivity index (χ3n) is 4.06. The number of benzene rings is 2. The molecule has 1 heterocycles. The van der Waals surface area contributed by atoms with Crippen LogP contribution in [0.25, 0.3) is 11.0 Å². The molecular formula is C20H23ClN2O. The molecular weight excluding hydrogens is 320 g/mol. The van der Waals surface area contributed by atoms with E-state index in [0.29, 0.717) is 0 Å². The monoisotopic (exact) mass is 342 g/mol. The van der Waals surface area contributed by atoms with Gasteiger partial charge in [0.05, 0.1) is 6.04 Å². The number of rotatable bonds is 7. The third-order valence-corrected chi connectivity index (χ3v) is 4.31. The quantitative estimate of drug-likeness (QED) is 0.630. The lowest BCUT2D eigenvalue weighted by Crippen LogP contribution is -2.26. The number of para-hydroxylation sites is 1. The molecule has 1 atom stereocenters. The zero-order valence-electron chi connectivity index (χ0n) is 14.1. The number of fused-ring (bicyclic) bond motifs is 1. The SMILES string of the molecule is CN(C)CCCNC(c1ccc(Cl)cc1)c1cc2ccccc2o1. The molecule has 2 aromatic carbocycles. The second kappa shape index (κ2) is 7.84. The van der Waals surface area contributed by atoms with Crippen molar-refractivity contribution in [3.05, 3.63) is 70.9 Å². The molecule has 0 saturated carbocycles. The summed E-state index contributed by atoms with van der Waals surface area (Å²) in [6, 6.07) is 18.2. The Balaban J connectivity index is 1.84. The molecule has 0 aliphatic heterocycles. The molecule has 0 amide bonds. The Bertz CT molecular complexity index is 747. The highest BCUT2D eigenvalue weighted by Crippen LogP contribution is 2.29. The summed E-state index contributed by atoms with van der Waals surface area (Å²) in [5, 5.41) is 5.50. The van der Waals surface area contributed by atoms with Crippen molar-refractivity contribution in [3.63, 3.8) is 0 Å². The Morgan fingerprint density at radius 3 is 2.54 bits per heavy atom. The first-order valence-corrected chi connectivity index (χ1v) is 8.63. The van der Waals surface area contributed by atoms with E-state index in [1.807, 2.05) is 30.3 Å². The van der Waals surface area contributed by atoms with Crippen LogP contribution in [0.4, 0.5) is 0 Å². The van der Waals surface area contributed by atoms with E-state index >= 15 is 0 Å². The average Bonchev–Trinajstić information content (AvgIpc) is 2.99. The van der Waals surface area contributed by atoms with Gasteiger partial charge in [-0.3, -0.25) is 0 Å². The van der Waals surface area contributed by atoms with E-state index in [9.17, 15) is 0 Å². The fourth-order valence-electron chi connectivity index (χ4n) is 2.82. The first-order chi connectivity index (χ1) is 11.6. The highest BCUT2D eigenvalue weighted by molar-refractivity contribution is 6.30. The number of hydrogen-bond acceptors (Lipinski definition) is 3. The summed E-state index contributed by atoms with van der Waals surface area (Å²) in [4.78, 5) is 2.19. The van der Waals surface area contributed by atoms with Gasteiger partial charge < -0.3 is 14.6 Å². The zero-order chi connectivity index (χ0) is 16.9. The Morgan fingerprint density at radius 1 is 1.08 bits per heavy atom. The first kappa shape index (κ1) is 17.0. The molecule has 1 aromatic heterocycles. The summed E-state index contributed by atoms with van der Waals surface area (Å²) < 4.78 is 6.09. The summed E-state index contributed by atoms with van der Waals surface area (Å²) in [6.45, 7) is 1.98. The zero-order valence-corrected chi connectivity index (χ0v) is 14.9. The minimum atomic E-state index is 0.0248. The first-order valence-electron chi connectivity index (χ1n) is 8.25. The van der Waals surface area contributed by atoms with Crippen molar-refractivity contribution in [3.8, 4) is 0 Å². The fraction of sp³-hybridized carbons (Fsp3) is 0.300. The summed E-state index contributed by atoms with van der Waals surface area (Å²) in [5.74, 6) is 0.934. The Kier molecular flexibility index (Phi) is 5.56. The molecule has 4 heteroatoms. The molecule has 0 bridgehead atoms. The average molecular weight is 343 g/mol. The number of furan rings is 1. The summed E-state index contributed by atoms with van der Waals surface area (Å²) >= 11 is 6.04. The minimum Gasteiger partial charge on any atom is -0.459 e. The van der Waals surface area contributed by atoms with Gasteiger partial charge in [-0.05, 0) is 63.4 Å². The smallest absolute Gasteiger partial charge is 0.134 e. The summed E-state index contributed by atoms with van der Waals surface area (Å²) in [5.41, 5.74) is 2.07. The van der Waals surface area contributed by atoms with Crippen molar-refractivity contribution in [1.82, 2.24) is 10.2 Å². The van der Waals surface area contributed by atoms with E-state index in [0.717, 1.165) is 46.8 Å². The van der Waals surface area contributed by atoms with Crippen LogP contribution in [-0.4, -0.2) is 32.1 Å². The van der Waals surface area contributed by atoms with E-state index in [1.54, 1.807) is 0 Å². The van der Waals surface area contributed by atoms with Crippen LogP contribution in [0.2, 0.25) is 5.02 Å². The van der Waals surface area contributed by atoms with Crippen molar-refractivity contribution < 1.29 is 4.42 Å². The third kappa shape index (κ3) is 4.18.